The first-order valence-corrected chi connectivity index (χ1v) is 6.53. The molecule has 0 amide bonds. The summed E-state index contributed by atoms with van der Waals surface area (Å²) < 4.78 is 5.74. The van der Waals surface area contributed by atoms with Gasteiger partial charge in [0.25, 0.3) is 0 Å². The third-order valence-corrected chi connectivity index (χ3v) is 2.94. The summed E-state index contributed by atoms with van der Waals surface area (Å²) in [7, 11) is 0. The normalized spacial score (nSPS) is 11.2. The van der Waals surface area contributed by atoms with Crippen molar-refractivity contribution in [3.8, 4) is 6.07 Å². The van der Waals surface area contributed by atoms with Crippen molar-refractivity contribution in [2.45, 2.75) is 13.3 Å². The molecule has 0 saturated carbocycles. The SMILES string of the molecule is CC(N)=C(C#N)C(=O)COC(=O)Cc1ccc(Br)cc1. The molecule has 0 fully saturated rings. The molecule has 0 aromatic heterocycles. The minimum absolute atomic E-state index is 0.0633. The van der Waals surface area contributed by atoms with Crippen LogP contribution in [0, 0.1) is 11.3 Å². The number of ketones is 1. The summed E-state index contributed by atoms with van der Waals surface area (Å²) in [6.45, 7) is 0.965. The van der Waals surface area contributed by atoms with Crippen LogP contribution in [0.5, 0.6) is 0 Å². The molecule has 0 atom stereocenters. The van der Waals surface area contributed by atoms with E-state index in [-0.39, 0.29) is 17.7 Å². The second-order valence-electron chi connectivity index (χ2n) is 4.06. The van der Waals surface area contributed by atoms with Crippen LogP contribution in [0.3, 0.4) is 0 Å². The van der Waals surface area contributed by atoms with Crippen molar-refractivity contribution in [3.05, 3.63) is 45.6 Å². The lowest BCUT2D eigenvalue weighted by molar-refractivity contribution is -0.146. The number of hydrogen-bond acceptors (Lipinski definition) is 5. The van der Waals surface area contributed by atoms with Crippen molar-refractivity contribution in [1.29, 1.82) is 5.26 Å². The third-order valence-electron chi connectivity index (χ3n) is 2.41. The Morgan fingerprint density at radius 2 is 1.95 bits per heavy atom. The van der Waals surface area contributed by atoms with Crippen LogP contribution in [0.1, 0.15) is 12.5 Å². The highest BCUT2D eigenvalue weighted by Gasteiger charge is 2.14. The minimum atomic E-state index is -0.600. The molecule has 0 unspecified atom stereocenters. The Kier molecular flexibility index (Phi) is 5.94. The molecule has 2 N–H and O–H groups in total. The van der Waals surface area contributed by atoms with Gasteiger partial charge in [-0.25, -0.2) is 0 Å². The molecule has 5 nitrogen and oxygen atoms in total. The third kappa shape index (κ3) is 4.86. The van der Waals surface area contributed by atoms with Crippen LogP contribution in [0.4, 0.5) is 0 Å². The molecule has 6 heteroatoms. The van der Waals surface area contributed by atoms with Gasteiger partial charge in [0.2, 0.25) is 5.78 Å². The average molecular weight is 337 g/mol. The quantitative estimate of drug-likeness (QED) is 0.503. The van der Waals surface area contributed by atoms with Gasteiger partial charge in [-0.05, 0) is 24.6 Å². The Labute approximate surface area is 125 Å². The van der Waals surface area contributed by atoms with Crippen molar-refractivity contribution in [2.24, 2.45) is 5.73 Å². The molecular formula is C14H13BrN2O3. The summed E-state index contributed by atoms with van der Waals surface area (Å²) in [6.07, 6.45) is 0.0633. The van der Waals surface area contributed by atoms with Crippen LogP contribution >= 0.6 is 15.9 Å². The monoisotopic (exact) mass is 336 g/mol. The summed E-state index contributed by atoms with van der Waals surface area (Å²) in [4.78, 5) is 23.1. The van der Waals surface area contributed by atoms with E-state index in [1.165, 1.54) is 6.92 Å². The largest absolute Gasteiger partial charge is 0.457 e. The molecule has 1 aromatic carbocycles. The number of nitriles is 1. The lowest BCUT2D eigenvalue weighted by Crippen LogP contribution is -2.18. The molecule has 104 valence electrons. The number of esters is 1. The first-order chi connectivity index (χ1) is 9.43. The number of Topliss-reactive ketones (excluding diaryl/α,β-unsaturated/α-hetero) is 1. The molecule has 0 aliphatic carbocycles. The van der Waals surface area contributed by atoms with Gasteiger partial charge in [0, 0.05) is 10.2 Å². The molecule has 0 radical (unpaired) electrons. The van der Waals surface area contributed by atoms with E-state index in [0.29, 0.717) is 0 Å². The Hall–Kier alpha value is -2.13. The molecule has 1 rings (SSSR count). The van der Waals surface area contributed by atoms with Crippen LogP contribution in [0.2, 0.25) is 0 Å². The standard InChI is InChI=1S/C14H13BrN2O3/c1-9(17)12(7-16)13(18)8-20-14(19)6-10-2-4-11(15)5-3-10/h2-5H,6,8,17H2,1H3. The fraction of sp³-hybridized carbons (Fsp3) is 0.214. The zero-order valence-corrected chi connectivity index (χ0v) is 12.4. The minimum Gasteiger partial charge on any atom is -0.457 e. The van der Waals surface area contributed by atoms with Gasteiger partial charge in [-0.2, -0.15) is 5.26 Å². The van der Waals surface area contributed by atoms with Gasteiger partial charge in [-0.15, -0.1) is 0 Å². The fourth-order valence-electron chi connectivity index (χ4n) is 1.41. The van der Waals surface area contributed by atoms with Crippen LogP contribution < -0.4 is 5.73 Å². The Bertz CT molecular complexity index is 581. The summed E-state index contributed by atoms with van der Waals surface area (Å²) in [5.74, 6) is -1.13. The smallest absolute Gasteiger partial charge is 0.310 e. The van der Waals surface area contributed by atoms with Crippen molar-refractivity contribution in [1.82, 2.24) is 0 Å². The van der Waals surface area contributed by atoms with Crippen molar-refractivity contribution >= 4 is 27.7 Å². The molecular weight excluding hydrogens is 324 g/mol. The number of hydrogen-bond donors (Lipinski definition) is 1. The maximum atomic E-state index is 11.6. The number of benzene rings is 1. The Balaban J connectivity index is 2.52. The summed E-state index contributed by atoms with van der Waals surface area (Å²) >= 11 is 3.29. The fourth-order valence-corrected chi connectivity index (χ4v) is 1.67. The second kappa shape index (κ2) is 7.46. The predicted molar refractivity (Wildman–Crippen MR) is 76.3 cm³/mol. The maximum absolute atomic E-state index is 11.6. The molecule has 0 aliphatic heterocycles. The molecule has 0 saturated heterocycles. The van der Waals surface area contributed by atoms with E-state index in [0.717, 1.165) is 10.0 Å². The van der Waals surface area contributed by atoms with Gasteiger partial charge in [0.05, 0.1) is 6.42 Å². The van der Waals surface area contributed by atoms with E-state index in [9.17, 15) is 9.59 Å². The number of rotatable bonds is 5. The zero-order valence-electron chi connectivity index (χ0n) is 10.9. The lowest BCUT2D eigenvalue weighted by atomic mass is 10.1. The summed E-state index contributed by atoms with van der Waals surface area (Å²) in [5, 5.41) is 8.74. The first-order valence-electron chi connectivity index (χ1n) is 5.73. The number of nitrogens with zero attached hydrogens (tertiary/aromatic N) is 1. The van der Waals surface area contributed by atoms with Gasteiger partial charge < -0.3 is 10.5 Å². The van der Waals surface area contributed by atoms with Gasteiger partial charge in [0.15, 0.2) is 6.61 Å². The van der Waals surface area contributed by atoms with Crippen LogP contribution in [-0.2, 0) is 20.7 Å². The summed E-state index contributed by atoms with van der Waals surface area (Å²) in [5.41, 5.74) is 6.09. The van der Waals surface area contributed by atoms with E-state index >= 15 is 0 Å². The number of carbonyl (C=O) groups excluding carboxylic acids is 2. The first kappa shape index (κ1) is 15.9. The van der Waals surface area contributed by atoms with Crippen molar-refractivity contribution in [3.63, 3.8) is 0 Å². The number of nitrogens with two attached hydrogens (primary N) is 1. The zero-order chi connectivity index (χ0) is 15.1. The number of carbonyl (C=O) groups is 2. The predicted octanol–water partition coefficient (Wildman–Crippen LogP) is 1.86. The number of ether oxygens (including phenoxy) is 1. The number of halogens is 1. The number of allylic oxidation sites excluding steroid dienone is 1. The van der Waals surface area contributed by atoms with Crippen LogP contribution in [0.15, 0.2) is 40.0 Å². The second-order valence-corrected chi connectivity index (χ2v) is 4.97. The highest BCUT2D eigenvalue weighted by Crippen LogP contribution is 2.11. The molecule has 1 aromatic rings. The maximum Gasteiger partial charge on any atom is 0.310 e. The van der Waals surface area contributed by atoms with Crippen LogP contribution in [-0.4, -0.2) is 18.4 Å². The van der Waals surface area contributed by atoms with Crippen molar-refractivity contribution < 1.29 is 14.3 Å². The van der Waals surface area contributed by atoms with E-state index in [1.807, 2.05) is 12.1 Å². The van der Waals surface area contributed by atoms with Gasteiger partial charge >= 0.3 is 5.97 Å². The van der Waals surface area contributed by atoms with E-state index in [4.69, 9.17) is 15.7 Å². The molecule has 20 heavy (non-hydrogen) atoms. The highest BCUT2D eigenvalue weighted by atomic mass is 79.9. The van der Waals surface area contributed by atoms with E-state index < -0.39 is 18.4 Å². The summed E-state index contributed by atoms with van der Waals surface area (Å²) in [6, 6.07) is 8.86. The molecule has 0 bridgehead atoms. The highest BCUT2D eigenvalue weighted by molar-refractivity contribution is 9.10. The van der Waals surface area contributed by atoms with Crippen LogP contribution in [0.25, 0.3) is 0 Å². The Morgan fingerprint density at radius 1 is 1.35 bits per heavy atom. The molecule has 0 aliphatic rings. The van der Waals surface area contributed by atoms with Gasteiger partial charge in [-0.1, -0.05) is 28.1 Å². The molecule has 0 heterocycles. The average Bonchev–Trinajstić information content (AvgIpc) is 2.39. The molecule has 0 spiro atoms. The topological polar surface area (TPSA) is 93.2 Å². The van der Waals surface area contributed by atoms with E-state index in [1.54, 1.807) is 18.2 Å². The lowest BCUT2D eigenvalue weighted by Gasteiger charge is -2.05. The Morgan fingerprint density at radius 3 is 2.45 bits per heavy atom. The van der Waals surface area contributed by atoms with Crippen molar-refractivity contribution in [2.75, 3.05) is 6.61 Å². The van der Waals surface area contributed by atoms with E-state index in [2.05, 4.69) is 15.9 Å². The van der Waals surface area contributed by atoms with Gasteiger partial charge in [-0.3, -0.25) is 9.59 Å². The van der Waals surface area contributed by atoms with Gasteiger partial charge in [0.1, 0.15) is 11.6 Å².